The number of para-hydroxylation sites is 1. The summed E-state index contributed by atoms with van der Waals surface area (Å²) in [5, 5.41) is 7.52. The average molecular weight is 366 g/mol. The molecular weight excluding hydrogens is 346 g/mol. The van der Waals surface area contributed by atoms with E-state index in [2.05, 4.69) is 10.4 Å². The average Bonchev–Trinajstić information content (AvgIpc) is 3.18. The molecule has 1 aromatic carbocycles. The zero-order chi connectivity index (χ0) is 16.2. The Morgan fingerprint density at radius 2 is 2.09 bits per heavy atom. The zero-order valence-electron chi connectivity index (χ0n) is 12.9. The van der Waals surface area contributed by atoms with Crippen LogP contribution in [0.25, 0.3) is 5.69 Å². The van der Waals surface area contributed by atoms with Gasteiger partial charge in [-0.1, -0.05) is 54.1 Å². The molecular formula is C16H19N3OS3. The number of thioether (sulfide) groups is 1. The Labute approximate surface area is 149 Å². The minimum absolute atomic E-state index is 0.0919. The molecule has 7 heteroatoms. The van der Waals surface area contributed by atoms with E-state index in [9.17, 15) is 4.79 Å². The molecule has 1 aromatic heterocycles. The number of nitrogens with zero attached hydrogens (tertiary/aromatic N) is 2. The molecule has 3 rings (SSSR count). The number of nitrogens with one attached hydrogen (secondary N) is 1. The lowest BCUT2D eigenvalue weighted by Crippen LogP contribution is -2.37. The molecule has 1 heterocycles. The summed E-state index contributed by atoms with van der Waals surface area (Å²) in [6.45, 7) is 1.92. The molecule has 1 amide bonds. The van der Waals surface area contributed by atoms with Crippen LogP contribution in [0.4, 0.5) is 0 Å². The predicted octanol–water partition coefficient (Wildman–Crippen LogP) is 4.20. The first-order chi connectivity index (χ1) is 11.1. The van der Waals surface area contributed by atoms with Gasteiger partial charge in [0.15, 0.2) is 8.29 Å². The highest BCUT2D eigenvalue weighted by atomic mass is 32.2. The van der Waals surface area contributed by atoms with Crippen molar-refractivity contribution in [3.05, 3.63) is 34.3 Å². The van der Waals surface area contributed by atoms with Crippen LogP contribution < -0.4 is 5.32 Å². The van der Waals surface area contributed by atoms with Crippen LogP contribution in [0.2, 0.25) is 0 Å². The molecule has 23 heavy (non-hydrogen) atoms. The molecule has 0 bridgehead atoms. The lowest BCUT2D eigenvalue weighted by atomic mass is 10.2. The van der Waals surface area contributed by atoms with Crippen LogP contribution in [-0.2, 0) is 4.79 Å². The van der Waals surface area contributed by atoms with Crippen molar-refractivity contribution in [2.24, 2.45) is 0 Å². The Hall–Kier alpha value is -1.18. The molecule has 0 saturated heterocycles. The smallest absolute Gasteiger partial charge is 0.233 e. The molecule has 4 nitrogen and oxygen atoms in total. The summed E-state index contributed by atoms with van der Waals surface area (Å²) in [6, 6.07) is 10.2. The first kappa shape index (κ1) is 16.7. The van der Waals surface area contributed by atoms with E-state index >= 15 is 0 Å². The van der Waals surface area contributed by atoms with Crippen LogP contribution in [0.1, 0.15) is 32.6 Å². The number of rotatable bonds is 5. The molecule has 1 aliphatic carbocycles. The Bertz CT molecular complexity index is 720. The van der Waals surface area contributed by atoms with Crippen LogP contribution in [0.5, 0.6) is 0 Å². The van der Waals surface area contributed by atoms with Gasteiger partial charge in [0.05, 0.1) is 10.9 Å². The number of hydrogen-bond acceptors (Lipinski definition) is 5. The van der Waals surface area contributed by atoms with Crippen molar-refractivity contribution in [2.75, 3.05) is 0 Å². The van der Waals surface area contributed by atoms with Crippen LogP contribution in [0.3, 0.4) is 0 Å². The van der Waals surface area contributed by atoms with Crippen molar-refractivity contribution in [1.82, 2.24) is 15.1 Å². The fraction of sp³-hybridized carbons (Fsp3) is 0.438. The highest BCUT2D eigenvalue weighted by Gasteiger charge is 2.22. The molecule has 2 aromatic rings. The van der Waals surface area contributed by atoms with E-state index < -0.39 is 0 Å². The van der Waals surface area contributed by atoms with Gasteiger partial charge in [0, 0.05) is 6.04 Å². The van der Waals surface area contributed by atoms with Crippen LogP contribution in [0.15, 0.2) is 34.7 Å². The van der Waals surface area contributed by atoms with Gasteiger partial charge in [-0.2, -0.15) is 0 Å². The lowest BCUT2D eigenvalue weighted by molar-refractivity contribution is -0.120. The Balaban J connectivity index is 1.66. The Morgan fingerprint density at radius 1 is 1.39 bits per heavy atom. The maximum absolute atomic E-state index is 12.3. The number of carbonyl (C=O) groups is 1. The normalized spacial score (nSPS) is 16.4. The first-order valence-corrected chi connectivity index (χ1v) is 9.86. The summed E-state index contributed by atoms with van der Waals surface area (Å²) >= 11 is 8.31. The quantitative estimate of drug-likeness (QED) is 0.637. The molecule has 122 valence electrons. The summed E-state index contributed by atoms with van der Waals surface area (Å²) in [5.41, 5.74) is 0.948. The second-order valence-electron chi connectivity index (χ2n) is 5.63. The second-order valence-corrected chi connectivity index (χ2v) is 8.84. The summed E-state index contributed by atoms with van der Waals surface area (Å²) in [4.78, 5) is 12.3. The van der Waals surface area contributed by atoms with E-state index in [0.29, 0.717) is 10.00 Å². The molecule has 1 atom stereocenters. The zero-order valence-corrected chi connectivity index (χ0v) is 15.3. The largest absolute Gasteiger partial charge is 0.352 e. The van der Waals surface area contributed by atoms with Gasteiger partial charge in [0.25, 0.3) is 0 Å². The van der Waals surface area contributed by atoms with Gasteiger partial charge in [-0.05, 0) is 44.1 Å². The third-order valence-electron chi connectivity index (χ3n) is 3.88. The fourth-order valence-electron chi connectivity index (χ4n) is 2.63. The van der Waals surface area contributed by atoms with Crippen LogP contribution in [0, 0.1) is 3.95 Å². The van der Waals surface area contributed by atoms with Gasteiger partial charge in [-0.25, -0.2) is 4.68 Å². The van der Waals surface area contributed by atoms with Gasteiger partial charge in [-0.3, -0.25) is 4.79 Å². The highest BCUT2D eigenvalue weighted by molar-refractivity contribution is 8.02. The molecule has 1 saturated carbocycles. The van der Waals surface area contributed by atoms with E-state index in [1.165, 1.54) is 35.9 Å². The molecule has 1 unspecified atom stereocenters. The number of benzene rings is 1. The second kappa shape index (κ2) is 7.59. The number of aromatic nitrogens is 2. The summed E-state index contributed by atoms with van der Waals surface area (Å²) < 4.78 is 3.28. The monoisotopic (exact) mass is 365 g/mol. The molecule has 1 aliphatic rings. The Kier molecular flexibility index (Phi) is 5.50. The molecule has 1 fully saturated rings. The van der Waals surface area contributed by atoms with E-state index in [0.717, 1.165) is 22.9 Å². The highest BCUT2D eigenvalue weighted by Crippen LogP contribution is 2.28. The van der Waals surface area contributed by atoms with E-state index in [1.807, 2.05) is 37.3 Å². The number of amides is 1. The van der Waals surface area contributed by atoms with Gasteiger partial charge < -0.3 is 5.32 Å². The van der Waals surface area contributed by atoms with E-state index in [-0.39, 0.29) is 11.2 Å². The predicted molar refractivity (Wildman–Crippen MR) is 98.0 cm³/mol. The minimum atomic E-state index is -0.166. The molecule has 0 spiro atoms. The lowest BCUT2D eigenvalue weighted by Gasteiger charge is -2.15. The van der Waals surface area contributed by atoms with Crippen molar-refractivity contribution in [3.8, 4) is 5.69 Å². The topological polar surface area (TPSA) is 46.9 Å². The van der Waals surface area contributed by atoms with E-state index in [4.69, 9.17) is 12.2 Å². The van der Waals surface area contributed by atoms with Crippen molar-refractivity contribution < 1.29 is 4.79 Å². The summed E-state index contributed by atoms with van der Waals surface area (Å²) in [5.74, 6) is 0.0919. The maximum atomic E-state index is 12.3. The van der Waals surface area contributed by atoms with Crippen molar-refractivity contribution >= 4 is 41.2 Å². The van der Waals surface area contributed by atoms with Gasteiger partial charge >= 0.3 is 0 Å². The van der Waals surface area contributed by atoms with E-state index in [1.54, 1.807) is 4.68 Å². The molecule has 0 aliphatic heterocycles. The van der Waals surface area contributed by atoms with Crippen LogP contribution >= 0.6 is 35.3 Å². The van der Waals surface area contributed by atoms with Crippen LogP contribution in [-0.4, -0.2) is 27.0 Å². The molecule has 1 N–H and O–H groups in total. The standard InChI is InChI=1S/C16H19N3OS3/c1-11(14(20)17-12-7-5-6-8-12)22-15-18-19(16(21)23-15)13-9-3-2-4-10-13/h2-4,9-12H,5-8H2,1H3,(H,17,20). The van der Waals surface area contributed by atoms with Crippen molar-refractivity contribution in [3.63, 3.8) is 0 Å². The minimum Gasteiger partial charge on any atom is -0.352 e. The third kappa shape index (κ3) is 4.22. The molecule has 0 radical (unpaired) electrons. The van der Waals surface area contributed by atoms with Crippen molar-refractivity contribution in [1.29, 1.82) is 0 Å². The third-order valence-corrected chi connectivity index (χ3v) is 6.29. The SMILES string of the molecule is CC(Sc1nn(-c2ccccc2)c(=S)s1)C(=O)NC1CCCC1. The first-order valence-electron chi connectivity index (χ1n) is 7.76. The number of carbonyl (C=O) groups excluding carboxylic acids is 1. The fourth-order valence-corrected chi connectivity index (χ4v) is 5.15. The number of hydrogen-bond donors (Lipinski definition) is 1. The van der Waals surface area contributed by atoms with Gasteiger partial charge in [-0.15, -0.1) is 5.10 Å². The summed E-state index contributed by atoms with van der Waals surface area (Å²) in [7, 11) is 0. The maximum Gasteiger partial charge on any atom is 0.233 e. The van der Waals surface area contributed by atoms with Gasteiger partial charge in [0.2, 0.25) is 5.91 Å². The van der Waals surface area contributed by atoms with Crippen molar-refractivity contribution in [2.45, 2.75) is 48.2 Å². The van der Waals surface area contributed by atoms with Gasteiger partial charge in [0.1, 0.15) is 0 Å². The summed E-state index contributed by atoms with van der Waals surface area (Å²) in [6.07, 6.45) is 4.64. The Morgan fingerprint density at radius 3 is 2.78 bits per heavy atom.